The quantitative estimate of drug-likeness (QED) is 0.351. The van der Waals surface area contributed by atoms with Gasteiger partial charge in [0, 0.05) is 48.4 Å². The topological polar surface area (TPSA) is 130 Å². The summed E-state index contributed by atoms with van der Waals surface area (Å²) in [7, 11) is 1.69. The number of amides is 1. The molecule has 0 aliphatic rings. The number of nitrogen functional groups attached to an aromatic ring is 1. The Morgan fingerprint density at radius 3 is 2.70 bits per heavy atom. The first-order valence-electron chi connectivity index (χ1n) is 9.22. The number of allylic oxidation sites excluding steroid dienone is 1. The molecule has 8 heteroatoms. The summed E-state index contributed by atoms with van der Waals surface area (Å²) in [4.78, 5) is 19.9. The number of imidazole rings is 1. The van der Waals surface area contributed by atoms with Crippen molar-refractivity contribution in [2.45, 2.75) is 0 Å². The van der Waals surface area contributed by atoms with E-state index in [4.69, 9.17) is 17.2 Å². The minimum Gasteiger partial charge on any atom is -0.404 e. The molecule has 0 radical (unpaired) electrons. The van der Waals surface area contributed by atoms with Crippen LogP contribution in [0.1, 0.15) is 16.1 Å². The van der Waals surface area contributed by atoms with E-state index in [-0.39, 0.29) is 0 Å². The van der Waals surface area contributed by atoms with Crippen molar-refractivity contribution in [1.82, 2.24) is 14.1 Å². The molecule has 0 saturated heterocycles. The summed E-state index contributed by atoms with van der Waals surface area (Å²) in [5, 5.41) is 1.02. The van der Waals surface area contributed by atoms with Crippen LogP contribution < -0.4 is 17.2 Å². The minimum atomic E-state index is -0.511. The van der Waals surface area contributed by atoms with Gasteiger partial charge in [0.1, 0.15) is 0 Å². The van der Waals surface area contributed by atoms with Gasteiger partial charge in [-0.2, -0.15) is 0 Å². The van der Waals surface area contributed by atoms with E-state index in [0.29, 0.717) is 11.3 Å². The Morgan fingerprint density at radius 1 is 1.17 bits per heavy atom. The summed E-state index contributed by atoms with van der Waals surface area (Å²) in [5.41, 5.74) is 22.2. The number of primary amides is 1. The van der Waals surface area contributed by atoms with E-state index in [2.05, 4.69) is 9.98 Å². The molecular formula is C22H21N7O. The predicted octanol–water partition coefficient (Wildman–Crippen LogP) is 2.50. The number of anilines is 1. The van der Waals surface area contributed by atoms with E-state index in [1.54, 1.807) is 37.8 Å². The molecule has 0 spiro atoms. The van der Waals surface area contributed by atoms with Crippen LogP contribution in [0.15, 0.2) is 72.4 Å². The molecule has 2 aromatic heterocycles. The third-order valence-corrected chi connectivity index (χ3v) is 4.89. The zero-order chi connectivity index (χ0) is 21.3. The number of benzene rings is 2. The number of hydrogen-bond acceptors (Lipinski definition) is 5. The van der Waals surface area contributed by atoms with Crippen LogP contribution in [0.4, 0.5) is 5.69 Å². The SMILES string of the molecule is CN=CC(=CN)c1cn(-c2cccc3c2ccn3-c2ccc(C(N)=O)cc2N)cn1. The lowest BCUT2D eigenvalue weighted by Gasteiger charge is -2.11. The van der Waals surface area contributed by atoms with Gasteiger partial charge in [-0.25, -0.2) is 4.98 Å². The van der Waals surface area contributed by atoms with Crippen LogP contribution in [0.2, 0.25) is 0 Å². The predicted molar refractivity (Wildman–Crippen MR) is 120 cm³/mol. The molecule has 0 atom stereocenters. The van der Waals surface area contributed by atoms with E-state index >= 15 is 0 Å². The van der Waals surface area contributed by atoms with Gasteiger partial charge >= 0.3 is 0 Å². The maximum Gasteiger partial charge on any atom is 0.248 e. The molecule has 0 saturated carbocycles. The van der Waals surface area contributed by atoms with Gasteiger partial charge in [-0.1, -0.05) is 6.07 Å². The van der Waals surface area contributed by atoms with Crippen LogP contribution in [-0.2, 0) is 0 Å². The van der Waals surface area contributed by atoms with E-state index in [1.807, 2.05) is 45.8 Å². The Bertz CT molecular complexity index is 1310. The van der Waals surface area contributed by atoms with Crippen molar-refractivity contribution in [1.29, 1.82) is 0 Å². The van der Waals surface area contributed by atoms with Crippen molar-refractivity contribution in [3.05, 3.63) is 78.6 Å². The van der Waals surface area contributed by atoms with Gasteiger partial charge in [0.25, 0.3) is 0 Å². The normalized spacial score (nSPS) is 12.1. The molecule has 4 rings (SSSR count). The highest BCUT2D eigenvalue weighted by Gasteiger charge is 2.13. The Morgan fingerprint density at radius 2 is 2.00 bits per heavy atom. The first kappa shape index (κ1) is 19.0. The van der Waals surface area contributed by atoms with Gasteiger partial charge in [-0.15, -0.1) is 0 Å². The summed E-state index contributed by atoms with van der Waals surface area (Å²) in [6.07, 6.45) is 8.74. The van der Waals surface area contributed by atoms with Gasteiger partial charge in [0.15, 0.2) is 0 Å². The Balaban J connectivity index is 1.80. The summed E-state index contributed by atoms with van der Waals surface area (Å²) < 4.78 is 3.92. The van der Waals surface area contributed by atoms with Crippen molar-refractivity contribution >= 4 is 34.3 Å². The monoisotopic (exact) mass is 399 g/mol. The first-order valence-corrected chi connectivity index (χ1v) is 9.22. The molecule has 4 aromatic rings. The molecule has 8 nitrogen and oxygen atoms in total. The summed E-state index contributed by atoms with van der Waals surface area (Å²) in [5.74, 6) is -0.511. The lowest BCUT2D eigenvalue weighted by molar-refractivity contribution is 0.100. The molecule has 30 heavy (non-hydrogen) atoms. The number of fused-ring (bicyclic) bond motifs is 1. The largest absolute Gasteiger partial charge is 0.404 e. The third-order valence-electron chi connectivity index (χ3n) is 4.89. The van der Waals surface area contributed by atoms with Gasteiger partial charge in [0.2, 0.25) is 5.91 Å². The minimum absolute atomic E-state index is 0.374. The molecule has 0 aliphatic heterocycles. The molecule has 0 bridgehead atoms. The van der Waals surface area contributed by atoms with Gasteiger partial charge in [-0.05, 0) is 36.4 Å². The number of carbonyl (C=O) groups is 1. The van der Waals surface area contributed by atoms with Gasteiger partial charge in [0.05, 0.1) is 34.6 Å². The fourth-order valence-electron chi connectivity index (χ4n) is 3.45. The number of nitrogens with two attached hydrogens (primary N) is 3. The van der Waals surface area contributed by atoms with Crippen LogP contribution >= 0.6 is 0 Å². The average Bonchev–Trinajstić information content (AvgIpc) is 3.39. The number of carbonyl (C=O) groups excluding carboxylic acids is 1. The Labute approximate surface area is 172 Å². The first-order chi connectivity index (χ1) is 14.5. The molecule has 1 amide bonds. The summed E-state index contributed by atoms with van der Waals surface area (Å²) >= 11 is 0. The van der Waals surface area contributed by atoms with Crippen LogP contribution in [-0.4, -0.2) is 33.3 Å². The standard InChI is InChI=1S/C22H21N7O/c1-26-11-15(10-23)18-12-28(13-27-18)19-3-2-4-20-16(19)7-8-29(20)21-6-5-14(22(25)30)9-17(21)24/h2-13H,23-24H2,1H3,(H2,25,30). The Kier molecular flexibility index (Phi) is 4.81. The molecule has 2 heterocycles. The summed E-state index contributed by atoms with van der Waals surface area (Å²) in [6, 6.07) is 13.0. The third kappa shape index (κ3) is 3.20. The molecule has 0 unspecified atom stereocenters. The van der Waals surface area contributed by atoms with Crippen molar-refractivity contribution < 1.29 is 4.79 Å². The van der Waals surface area contributed by atoms with Crippen molar-refractivity contribution in [2.75, 3.05) is 12.8 Å². The fraction of sp³-hybridized carbons (Fsp3) is 0.0455. The van der Waals surface area contributed by atoms with Gasteiger partial charge in [-0.3, -0.25) is 9.79 Å². The maximum absolute atomic E-state index is 11.4. The zero-order valence-corrected chi connectivity index (χ0v) is 16.4. The number of aliphatic imine (C=N–C) groups is 1. The van der Waals surface area contributed by atoms with Crippen LogP contribution in [0.25, 0.3) is 27.9 Å². The number of aromatic nitrogens is 3. The lowest BCUT2D eigenvalue weighted by atomic mass is 10.1. The zero-order valence-electron chi connectivity index (χ0n) is 16.4. The highest BCUT2D eigenvalue weighted by Crippen LogP contribution is 2.29. The van der Waals surface area contributed by atoms with Crippen molar-refractivity contribution in [3.63, 3.8) is 0 Å². The van der Waals surface area contributed by atoms with Gasteiger partial charge < -0.3 is 26.3 Å². The van der Waals surface area contributed by atoms with Crippen molar-refractivity contribution in [3.8, 4) is 11.4 Å². The number of hydrogen-bond donors (Lipinski definition) is 3. The second-order valence-corrected chi connectivity index (χ2v) is 6.71. The Hall–Kier alpha value is -4.33. The number of rotatable bonds is 5. The number of nitrogens with zero attached hydrogens (tertiary/aromatic N) is 4. The molecule has 0 aliphatic carbocycles. The smallest absolute Gasteiger partial charge is 0.248 e. The van der Waals surface area contributed by atoms with Crippen LogP contribution in [0, 0.1) is 0 Å². The van der Waals surface area contributed by atoms with E-state index < -0.39 is 5.91 Å². The molecule has 150 valence electrons. The maximum atomic E-state index is 11.4. The summed E-state index contributed by atoms with van der Waals surface area (Å²) in [6.45, 7) is 0. The second kappa shape index (κ2) is 7.59. The lowest BCUT2D eigenvalue weighted by Crippen LogP contribution is -2.12. The molecule has 6 N–H and O–H groups in total. The molecule has 0 fully saturated rings. The van der Waals surface area contributed by atoms with Crippen molar-refractivity contribution in [2.24, 2.45) is 16.5 Å². The van der Waals surface area contributed by atoms with E-state index in [9.17, 15) is 4.79 Å². The average molecular weight is 399 g/mol. The van der Waals surface area contributed by atoms with Crippen LogP contribution in [0.3, 0.4) is 0 Å². The van der Waals surface area contributed by atoms with E-state index in [1.165, 1.54) is 6.20 Å². The highest BCUT2D eigenvalue weighted by atomic mass is 16.1. The second-order valence-electron chi connectivity index (χ2n) is 6.71. The van der Waals surface area contributed by atoms with Crippen LogP contribution in [0.5, 0.6) is 0 Å². The highest BCUT2D eigenvalue weighted by molar-refractivity contribution is 6.08. The fourth-order valence-corrected chi connectivity index (χ4v) is 3.45. The van der Waals surface area contributed by atoms with E-state index in [0.717, 1.165) is 33.5 Å². The molecular weight excluding hydrogens is 378 g/mol. The molecule has 2 aromatic carbocycles.